The minimum absolute atomic E-state index is 0.0702. The number of aliphatic hydroxyl groups is 1. The molecule has 3 heteroatoms. The van der Waals surface area contributed by atoms with Crippen molar-refractivity contribution >= 4 is 22.6 Å². The molecule has 0 aromatic heterocycles. The average molecular weight is 359 g/mol. The van der Waals surface area contributed by atoms with Gasteiger partial charge in [-0.05, 0) is 78.9 Å². The Hall–Kier alpha value is -0.130. The second-order valence-electron chi connectivity index (χ2n) is 5.37. The molecule has 18 heavy (non-hydrogen) atoms. The molecule has 2 nitrogen and oxygen atoms in total. The van der Waals surface area contributed by atoms with Crippen LogP contribution in [-0.4, -0.2) is 17.8 Å². The number of halogens is 1. The first-order chi connectivity index (χ1) is 8.65. The van der Waals surface area contributed by atoms with Crippen LogP contribution in [0.4, 0.5) is 0 Å². The summed E-state index contributed by atoms with van der Waals surface area (Å²) in [7, 11) is 0. The van der Waals surface area contributed by atoms with Crippen LogP contribution in [0.2, 0.25) is 0 Å². The SMILES string of the molecule is CC(NCC1CCCC(O)C1)c1ccc(I)cc1. The first kappa shape index (κ1) is 14.3. The maximum Gasteiger partial charge on any atom is 0.0543 e. The first-order valence-electron chi connectivity index (χ1n) is 6.82. The van der Waals surface area contributed by atoms with Gasteiger partial charge in [0.15, 0.2) is 0 Å². The maximum atomic E-state index is 9.66. The Bertz CT molecular complexity index is 365. The van der Waals surface area contributed by atoms with Gasteiger partial charge in [0.1, 0.15) is 0 Å². The molecule has 1 aromatic rings. The molecule has 1 saturated carbocycles. The summed E-state index contributed by atoms with van der Waals surface area (Å²) in [5.74, 6) is 0.639. The summed E-state index contributed by atoms with van der Waals surface area (Å²) in [6.45, 7) is 3.23. The Labute approximate surface area is 123 Å². The van der Waals surface area contributed by atoms with Gasteiger partial charge in [-0.2, -0.15) is 0 Å². The van der Waals surface area contributed by atoms with Gasteiger partial charge in [-0.25, -0.2) is 0 Å². The zero-order chi connectivity index (χ0) is 13.0. The quantitative estimate of drug-likeness (QED) is 0.807. The van der Waals surface area contributed by atoms with Crippen LogP contribution < -0.4 is 5.32 Å². The lowest BCUT2D eigenvalue weighted by atomic mass is 9.87. The van der Waals surface area contributed by atoms with Crippen molar-refractivity contribution < 1.29 is 5.11 Å². The van der Waals surface area contributed by atoms with Crippen molar-refractivity contribution in [1.82, 2.24) is 5.32 Å². The summed E-state index contributed by atoms with van der Waals surface area (Å²) >= 11 is 2.33. The van der Waals surface area contributed by atoms with E-state index in [9.17, 15) is 5.11 Å². The third-order valence-electron chi connectivity index (χ3n) is 3.84. The first-order valence-corrected chi connectivity index (χ1v) is 7.90. The molecule has 0 bridgehead atoms. The highest BCUT2D eigenvalue weighted by atomic mass is 127. The van der Waals surface area contributed by atoms with Crippen LogP contribution in [0.25, 0.3) is 0 Å². The molecule has 1 aliphatic rings. The highest BCUT2D eigenvalue weighted by molar-refractivity contribution is 14.1. The Morgan fingerprint density at radius 1 is 1.33 bits per heavy atom. The predicted molar refractivity (Wildman–Crippen MR) is 83.5 cm³/mol. The van der Waals surface area contributed by atoms with Crippen LogP contribution in [0.3, 0.4) is 0 Å². The molecule has 3 unspecified atom stereocenters. The Balaban J connectivity index is 1.80. The summed E-state index contributed by atoms with van der Waals surface area (Å²) in [6, 6.07) is 9.07. The van der Waals surface area contributed by atoms with E-state index >= 15 is 0 Å². The topological polar surface area (TPSA) is 32.3 Å². The molecule has 0 heterocycles. The highest BCUT2D eigenvalue weighted by Crippen LogP contribution is 2.24. The van der Waals surface area contributed by atoms with Crippen molar-refractivity contribution in [1.29, 1.82) is 0 Å². The molecule has 1 aliphatic carbocycles. The van der Waals surface area contributed by atoms with Gasteiger partial charge in [-0.1, -0.05) is 18.6 Å². The van der Waals surface area contributed by atoms with Crippen LogP contribution in [0.1, 0.15) is 44.2 Å². The molecule has 1 fully saturated rings. The van der Waals surface area contributed by atoms with E-state index in [2.05, 4.69) is 59.1 Å². The van der Waals surface area contributed by atoms with E-state index < -0.39 is 0 Å². The largest absolute Gasteiger partial charge is 0.393 e. The van der Waals surface area contributed by atoms with Crippen molar-refractivity contribution in [2.24, 2.45) is 5.92 Å². The molecule has 2 rings (SSSR count). The number of aliphatic hydroxyl groups excluding tert-OH is 1. The lowest BCUT2D eigenvalue weighted by molar-refractivity contribution is 0.0998. The minimum atomic E-state index is -0.0702. The summed E-state index contributed by atoms with van der Waals surface area (Å²) in [5, 5.41) is 13.3. The summed E-state index contributed by atoms with van der Waals surface area (Å²) in [5.41, 5.74) is 1.34. The minimum Gasteiger partial charge on any atom is -0.393 e. The van der Waals surface area contributed by atoms with Crippen molar-refractivity contribution in [2.75, 3.05) is 6.54 Å². The van der Waals surface area contributed by atoms with Gasteiger partial charge < -0.3 is 10.4 Å². The van der Waals surface area contributed by atoms with E-state index in [1.165, 1.54) is 22.0 Å². The van der Waals surface area contributed by atoms with Gasteiger partial charge in [-0.15, -0.1) is 0 Å². The summed E-state index contributed by atoms with van der Waals surface area (Å²) < 4.78 is 1.28. The van der Waals surface area contributed by atoms with Crippen LogP contribution in [0.15, 0.2) is 24.3 Å². The standard InChI is InChI=1S/C15H22INO/c1-11(13-5-7-14(16)8-6-13)17-10-12-3-2-4-15(18)9-12/h5-8,11-12,15,17-18H,2-4,9-10H2,1H3. The van der Waals surface area contributed by atoms with Crippen molar-refractivity contribution in [3.05, 3.63) is 33.4 Å². The van der Waals surface area contributed by atoms with E-state index in [1.807, 2.05) is 0 Å². The van der Waals surface area contributed by atoms with Crippen LogP contribution in [-0.2, 0) is 0 Å². The van der Waals surface area contributed by atoms with Crippen molar-refractivity contribution in [2.45, 2.75) is 44.8 Å². The van der Waals surface area contributed by atoms with Gasteiger partial charge in [0.25, 0.3) is 0 Å². The second kappa shape index (κ2) is 6.87. The molecule has 3 atom stereocenters. The van der Waals surface area contributed by atoms with Gasteiger partial charge in [-0.3, -0.25) is 0 Å². The molecule has 1 aromatic carbocycles. The molecule has 0 spiro atoms. The fourth-order valence-corrected chi connectivity index (χ4v) is 3.02. The van der Waals surface area contributed by atoms with Gasteiger partial charge in [0.05, 0.1) is 6.10 Å². The number of benzene rings is 1. The van der Waals surface area contributed by atoms with E-state index in [-0.39, 0.29) is 6.10 Å². The Morgan fingerprint density at radius 3 is 2.72 bits per heavy atom. The molecule has 0 radical (unpaired) electrons. The molecule has 2 N–H and O–H groups in total. The molecule has 100 valence electrons. The third-order valence-corrected chi connectivity index (χ3v) is 4.56. The molecule has 0 saturated heterocycles. The lowest BCUT2D eigenvalue weighted by Crippen LogP contribution is -2.30. The highest BCUT2D eigenvalue weighted by Gasteiger charge is 2.20. The predicted octanol–water partition coefficient (Wildman–Crippen LogP) is 3.49. The number of rotatable bonds is 4. The number of hydrogen-bond donors (Lipinski definition) is 2. The van der Waals surface area contributed by atoms with Gasteiger partial charge in [0.2, 0.25) is 0 Å². The third kappa shape index (κ3) is 4.21. The van der Waals surface area contributed by atoms with E-state index in [0.717, 1.165) is 19.4 Å². The lowest BCUT2D eigenvalue weighted by Gasteiger charge is -2.27. The summed E-state index contributed by atoms with van der Waals surface area (Å²) in [4.78, 5) is 0. The van der Waals surface area contributed by atoms with E-state index in [4.69, 9.17) is 0 Å². The fourth-order valence-electron chi connectivity index (χ4n) is 2.66. The molecular formula is C15H22INO. The molecule has 0 amide bonds. The maximum absolute atomic E-state index is 9.66. The van der Waals surface area contributed by atoms with Crippen LogP contribution >= 0.6 is 22.6 Å². The fraction of sp³-hybridized carbons (Fsp3) is 0.600. The van der Waals surface area contributed by atoms with E-state index in [0.29, 0.717) is 12.0 Å². The Kier molecular flexibility index (Phi) is 5.45. The zero-order valence-corrected chi connectivity index (χ0v) is 13.1. The normalized spacial score (nSPS) is 25.9. The second-order valence-corrected chi connectivity index (χ2v) is 6.61. The van der Waals surface area contributed by atoms with Gasteiger partial charge >= 0.3 is 0 Å². The van der Waals surface area contributed by atoms with E-state index in [1.54, 1.807) is 0 Å². The van der Waals surface area contributed by atoms with Gasteiger partial charge in [0, 0.05) is 9.61 Å². The average Bonchev–Trinajstić information content (AvgIpc) is 2.37. The number of hydrogen-bond acceptors (Lipinski definition) is 2. The monoisotopic (exact) mass is 359 g/mol. The molecular weight excluding hydrogens is 337 g/mol. The van der Waals surface area contributed by atoms with Crippen molar-refractivity contribution in [3.63, 3.8) is 0 Å². The van der Waals surface area contributed by atoms with Crippen molar-refractivity contribution in [3.8, 4) is 0 Å². The summed E-state index contributed by atoms with van der Waals surface area (Å²) in [6.07, 6.45) is 4.31. The number of nitrogens with one attached hydrogen (secondary N) is 1. The Morgan fingerprint density at radius 2 is 2.06 bits per heavy atom. The van der Waals surface area contributed by atoms with Crippen LogP contribution in [0, 0.1) is 9.49 Å². The smallest absolute Gasteiger partial charge is 0.0543 e. The zero-order valence-electron chi connectivity index (χ0n) is 10.9. The van der Waals surface area contributed by atoms with Crippen LogP contribution in [0.5, 0.6) is 0 Å². The molecule has 0 aliphatic heterocycles.